The Kier molecular flexibility index (Phi) is 2.54. The van der Waals surface area contributed by atoms with Crippen LogP contribution in [-0.4, -0.2) is 23.9 Å². The van der Waals surface area contributed by atoms with Crippen LogP contribution in [-0.2, 0) is 6.54 Å². The van der Waals surface area contributed by atoms with Gasteiger partial charge < -0.3 is 4.42 Å². The Hall–Kier alpha value is -0.900. The molecule has 0 unspecified atom stereocenters. The number of hydrogen-bond donors (Lipinski definition) is 0. The Morgan fingerprint density at radius 3 is 3.00 bits per heavy atom. The molecule has 1 fully saturated rings. The van der Waals surface area contributed by atoms with E-state index >= 15 is 0 Å². The van der Waals surface area contributed by atoms with Crippen LogP contribution >= 0.6 is 0 Å². The summed E-state index contributed by atoms with van der Waals surface area (Å²) < 4.78 is 31.1. The van der Waals surface area contributed by atoms with E-state index in [4.69, 9.17) is 4.42 Å². The Bertz CT molecular complexity index is 284. The smallest absolute Gasteiger partial charge is 0.260 e. The van der Waals surface area contributed by atoms with Gasteiger partial charge in [0.05, 0.1) is 19.4 Å². The molecular formula is C10H13F2NO. The molecule has 1 aliphatic rings. The average molecular weight is 201 g/mol. The molecule has 2 heterocycles. The number of rotatable bonds is 2. The van der Waals surface area contributed by atoms with Crippen molar-refractivity contribution in [2.45, 2.75) is 25.3 Å². The number of likely N-dealkylation sites (tertiary alicyclic amines) is 1. The highest BCUT2D eigenvalue weighted by molar-refractivity contribution is 4.98. The Morgan fingerprint density at radius 2 is 2.36 bits per heavy atom. The zero-order valence-electron chi connectivity index (χ0n) is 7.88. The third-order valence-corrected chi connectivity index (χ3v) is 2.43. The number of furan rings is 1. The summed E-state index contributed by atoms with van der Waals surface area (Å²) in [7, 11) is 0. The van der Waals surface area contributed by atoms with E-state index in [-0.39, 0.29) is 13.0 Å². The van der Waals surface area contributed by atoms with Crippen molar-refractivity contribution in [2.75, 3.05) is 13.1 Å². The zero-order valence-corrected chi connectivity index (χ0v) is 7.88. The third kappa shape index (κ3) is 2.32. The van der Waals surface area contributed by atoms with Crippen LogP contribution in [0, 0.1) is 0 Å². The molecule has 1 aliphatic heterocycles. The van der Waals surface area contributed by atoms with Crippen molar-refractivity contribution in [3.05, 3.63) is 24.2 Å². The lowest BCUT2D eigenvalue weighted by Crippen LogP contribution is -2.41. The maximum Gasteiger partial charge on any atom is 0.260 e. The largest absolute Gasteiger partial charge is 0.468 e. The first-order valence-electron chi connectivity index (χ1n) is 4.78. The molecule has 2 rings (SSSR count). The molecule has 2 nitrogen and oxygen atoms in total. The number of nitrogens with zero attached hydrogens (tertiary/aromatic N) is 1. The summed E-state index contributed by atoms with van der Waals surface area (Å²) in [5.41, 5.74) is 0. The molecule has 0 aliphatic carbocycles. The van der Waals surface area contributed by atoms with Gasteiger partial charge in [-0.2, -0.15) is 0 Å². The minimum Gasteiger partial charge on any atom is -0.468 e. The van der Waals surface area contributed by atoms with Crippen LogP contribution in [0.15, 0.2) is 22.8 Å². The van der Waals surface area contributed by atoms with Gasteiger partial charge in [-0.15, -0.1) is 0 Å². The maximum absolute atomic E-state index is 13.0. The molecule has 0 radical (unpaired) electrons. The lowest BCUT2D eigenvalue weighted by molar-refractivity contribution is -0.0672. The Morgan fingerprint density at radius 1 is 1.50 bits per heavy atom. The van der Waals surface area contributed by atoms with Crippen molar-refractivity contribution in [2.24, 2.45) is 0 Å². The van der Waals surface area contributed by atoms with Crippen molar-refractivity contribution in [1.82, 2.24) is 4.90 Å². The molecule has 0 atom stereocenters. The highest BCUT2D eigenvalue weighted by atomic mass is 19.3. The molecule has 0 N–H and O–H groups in total. The monoisotopic (exact) mass is 201 g/mol. The topological polar surface area (TPSA) is 16.4 Å². The molecule has 14 heavy (non-hydrogen) atoms. The normalized spacial score (nSPS) is 22.4. The second-order valence-corrected chi connectivity index (χ2v) is 3.75. The predicted molar refractivity (Wildman–Crippen MR) is 48.2 cm³/mol. The van der Waals surface area contributed by atoms with Gasteiger partial charge in [-0.3, -0.25) is 4.90 Å². The first kappa shape index (κ1) is 9.65. The highest BCUT2D eigenvalue weighted by Gasteiger charge is 2.35. The average Bonchev–Trinajstić information content (AvgIpc) is 2.54. The molecule has 78 valence electrons. The summed E-state index contributed by atoms with van der Waals surface area (Å²) in [6, 6.07) is 3.59. The van der Waals surface area contributed by atoms with E-state index in [0.29, 0.717) is 13.0 Å². The lowest BCUT2D eigenvalue weighted by Gasteiger charge is -2.31. The van der Waals surface area contributed by atoms with E-state index in [0.717, 1.165) is 12.3 Å². The van der Waals surface area contributed by atoms with Gasteiger partial charge in [0.15, 0.2) is 0 Å². The number of halogens is 2. The molecule has 1 saturated heterocycles. The highest BCUT2D eigenvalue weighted by Crippen LogP contribution is 2.27. The van der Waals surface area contributed by atoms with E-state index in [1.807, 2.05) is 6.07 Å². The van der Waals surface area contributed by atoms with Crippen LogP contribution in [0.5, 0.6) is 0 Å². The van der Waals surface area contributed by atoms with E-state index in [9.17, 15) is 8.78 Å². The molecule has 4 heteroatoms. The molecule has 1 aromatic heterocycles. The van der Waals surface area contributed by atoms with E-state index in [2.05, 4.69) is 0 Å². The van der Waals surface area contributed by atoms with Crippen molar-refractivity contribution in [1.29, 1.82) is 0 Å². The molecule has 1 aromatic rings. The summed E-state index contributed by atoms with van der Waals surface area (Å²) in [5, 5.41) is 0. The van der Waals surface area contributed by atoms with E-state index in [1.54, 1.807) is 17.2 Å². The second-order valence-electron chi connectivity index (χ2n) is 3.75. The number of alkyl halides is 2. The minimum absolute atomic E-state index is 0.0155. The first-order valence-corrected chi connectivity index (χ1v) is 4.78. The molecule has 0 bridgehead atoms. The summed E-state index contributed by atoms with van der Waals surface area (Å²) in [6.45, 7) is 1.08. The number of hydrogen-bond acceptors (Lipinski definition) is 2. The van der Waals surface area contributed by atoms with Crippen molar-refractivity contribution >= 4 is 0 Å². The Balaban J connectivity index is 1.92. The molecule has 0 amide bonds. The van der Waals surface area contributed by atoms with Crippen molar-refractivity contribution < 1.29 is 13.2 Å². The quantitative estimate of drug-likeness (QED) is 0.731. The summed E-state index contributed by atoms with van der Waals surface area (Å²) in [6.07, 6.45) is 2.15. The lowest BCUT2D eigenvalue weighted by atomic mass is 10.1. The van der Waals surface area contributed by atoms with Crippen LogP contribution in [0.25, 0.3) is 0 Å². The van der Waals surface area contributed by atoms with Crippen LogP contribution < -0.4 is 0 Å². The SMILES string of the molecule is FC1(F)CCCN(Cc2ccco2)C1. The molecule has 0 saturated carbocycles. The maximum atomic E-state index is 13.0. The van der Waals surface area contributed by atoms with E-state index < -0.39 is 5.92 Å². The second kappa shape index (κ2) is 3.69. The van der Waals surface area contributed by atoms with Crippen LogP contribution in [0.2, 0.25) is 0 Å². The predicted octanol–water partition coefficient (Wildman–Crippen LogP) is 2.51. The Labute approximate surface area is 81.5 Å². The van der Waals surface area contributed by atoms with Gasteiger partial charge in [-0.05, 0) is 25.1 Å². The summed E-state index contributed by atoms with van der Waals surface area (Å²) >= 11 is 0. The first-order chi connectivity index (χ1) is 6.66. The van der Waals surface area contributed by atoms with Crippen molar-refractivity contribution in [3.8, 4) is 0 Å². The fourth-order valence-corrected chi connectivity index (χ4v) is 1.80. The van der Waals surface area contributed by atoms with E-state index in [1.165, 1.54) is 0 Å². The van der Waals surface area contributed by atoms with Crippen LogP contribution in [0.1, 0.15) is 18.6 Å². The molecular weight excluding hydrogens is 188 g/mol. The molecule has 0 spiro atoms. The van der Waals surface area contributed by atoms with Gasteiger partial charge in [0.1, 0.15) is 5.76 Å². The zero-order chi connectivity index (χ0) is 10.0. The van der Waals surface area contributed by atoms with Gasteiger partial charge in [0.2, 0.25) is 0 Å². The van der Waals surface area contributed by atoms with Gasteiger partial charge in [-0.1, -0.05) is 0 Å². The van der Waals surface area contributed by atoms with Gasteiger partial charge in [0.25, 0.3) is 5.92 Å². The fourth-order valence-electron chi connectivity index (χ4n) is 1.80. The van der Waals surface area contributed by atoms with Gasteiger partial charge in [0, 0.05) is 6.42 Å². The fraction of sp³-hybridized carbons (Fsp3) is 0.600. The minimum atomic E-state index is -2.52. The molecule has 0 aromatic carbocycles. The summed E-state index contributed by atoms with van der Waals surface area (Å²) in [4.78, 5) is 1.74. The standard InChI is InChI=1S/C10H13F2NO/c11-10(12)4-2-5-13(8-10)7-9-3-1-6-14-9/h1,3,6H,2,4-5,7-8H2. The number of piperidine rings is 1. The van der Waals surface area contributed by atoms with Gasteiger partial charge in [-0.25, -0.2) is 8.78 Å². The van der Waals surface area contributed by atoms with Crippen LogP contribution in [0.4, 0.5) is 8.78 Å². The summed E-state index contributed by atoms with van der Waals surface area (Å²) in [5.74, 6) is -1.77. The van der Waals surface area contributed by atoms with Crippen molar-refractivity contribution in [3.63, 3.8) is 0 Å². The van der Waals surface area contributed by atoms with Gasteiger partial charge >= 0.3 is 0 Å². The van der Waals surface area contributed by atoms with Crippen LogP contribution in [0.3, 0.4) is 0 Å². The third-order valence-electron chi connectivity index (χ3n) is 2.43.